The second-order valence-electron chi connectivity index (χ2n) is 11.7. The molecule has 1 heteroatoms. The Morgan fingerprint density at radius 3 is 2.61 bits per heavy atom. The van der Waals surface area contributed by atoms with Gasteiger partial charge in [-0.1, -0.05) is 76.7 Å². The molecule has 28 heavy (non-hydrogen) atoms. The van der Waals surface area contributed by atoms with E-state index in [0.29, 0.717) is 5.41 Å². The molecule has 1 unspecified atom stereocenters. The number of rotatable bonds is 5. The summed E-state index contributed by atoms with van der Waals surface area (Å²) in [6.07, 6.45) is 16.5. The summed E-state index contributed by atoms with van der Waals surface area (Å²) in [6, 6.07) is 0. The van der Waals surface area contributed by atoms with Crippen LogP contribution in [0.4, 0.5) is 0 Å². The van der Waals surface area contributed by atoms with Gasteiger partial charge in [0.2, 0.25) is 0 Å². The van der Waals surface area contributed by atoms with Crippen LogP contribution in [0.5, 0.6) is 0 Å². The summed E-state index contributed by atoms with van der Waals surface area (Å²) in [4.78, 5) is 0. The van der Waals surface area contributed by atoms with Crippen LogP contribution in [0.2, 0.25) is 0 Å². The van der Waals surface area contributed by atoms with Crippen LogP contribution in [0.25, 0.3) is 0 Å². The minimum Gasteiger partial charge on any atom is -0.393 e. The third-order valence-electron chi connectivity index (χ3n) is 9.64. The van der Waals surface area contributed by atoms with Gasteiger partial charge < -0.3 is 5.11 Å². The zero-order valence-electron chi connectivity index (χ0n) is 19.2. The van der Waals surface area contributed by atoms with Crippen LogP contribution in [-0.4, -0.2) is 11.2 Å². The fraction of sp³-hybridized carbons (Fsp3) is 0.852. The quantitative estimate of drug-likeness (QED) is 0.488. The molecule has 0 bridgehead atoms. The van der Waals surface area contributed by atoms with Crippen molar-refractivity contribution in [3.05, 3.63) is 22.8 Å². The van der Waals surface area contributed by atoms with Crippen molar-refractivity contribution < 1.29 is 5.11 Å². The summed E-state index contributed by atoms with van der Waals surface area (Å²) in [5.74, 6) is 3.48. The maximum Gasteiger partial charge on any atom is 0.0578 e. The van der Waals surface area contributed by atoms with E-state index in [9.17, 15) is 5.11 Å². The predicted octanol–water partition coefficient (Wildman–Crippen LogP) is 7.45. The van der Waals surface area contributed by atoms with Crippen LogP contribution >= 0.6 is 0 Å². The summed E-state index contributed by atoms with van der Waals surface area (Å²) in [7, 11) is 0. The van der Waals surface area contributed by atoms with Crippen molar-refractivity contribution >= 4 is 0 Å². The molecule has 4 aliphatic carbocycles. The maximum absolute atomic E-state index is 10.2. The average molecular weight is 385 g/mol. The minimum atomic E-state index is -0.0992. The number of hydrogen-bond donors (Lipinski definition) is 1. The molecular formula is C27H44O. The van der Waals surface area contributed by atoms with Crippen LogP contribution in [-0.2, 0) is 0 Å². The zero-order valence-corrected chi connectivity index (χ0v) is 19.2. The highest BCUT2D eigenvalue weighted by Gasteiger charge is 2.54. The Morgan fingerprint density at radius 2 is 1.86 bits per heavy atom. The first-order valence-electron chi connectivity index (χ1n) is 12.4. The monoisotopic (exact) mass is 384 g/mol. The molecular weight excluding hydrogens is 340 g/mol. The Balaban J connectivity index is 1.53. The molecule has 0 aromatic rings. The van der Waals surface area contributed by atoms with E-state index in [2.05, 4.69) is 40.7 Å². The molecule has 4 rings (SSSR count). The van der Waals surface area contributed by atoms with Gasteiger partial charge in [0.25, 0.3) is 0 Å². The van der Waals surface area contributed by atoms with E-state index in [1.54, 1.807) is 5.57 Å². The number of aliphatic hydroxyl groups excluding tert-OH is 1. The van der Waals surface area contributed by atoms with E-state index in [0.717, 1.165) is 42.9 Å². The van der Waals surface area contributed by atoms with E-state index in [4.69, 9.17) is 0 Å². The van der Waals surface area contributed by atoms with Gasteiger partial charge in [-0.3, -0.25) is 0 Å². The van der Waals surface area contributed by atoms with Gasteiger partial charge in [0.15, 0.2) is 0 Å². The van der Waals surface area contributed by atoms with E-state index in [-0.39, 0.29) is 11.5 Å². The Labute approximate surface area is 174 Å². The maximum atomic E-state index is 10.2. The van der Waals surface area contributed by atoms with Crippen LogP contribution in [0.1, 0.15) is 105 Å². The predicted molar refractivity (Wildman–Crippen MR) is 119 cm³/mol. The lowest BCUT2D eigenvalue weighted by Crippen LogP contribution is -2.41. The molecule has 1 N–H and O–H groups in total. The SMILES string of the molecule is CC(C)CCC[C@@H](C)[C@H]1CC[C@H]2C3=C(CC[C@]12C)[C@@]1(C)CCC(O)CC1=CC3. The van der Waals surface area contributed by atoms with Crippen molar-refractivity contribution in [2.24, 2.45) is 34.5 Å². The van der Waals surface area contributed by atoms with Gasteiger partial charge in [0, 0.05) is 5.41 Å². The third-order valence-corrected chi connectivity index (χ3v) is 9.64. The summed E-state index contributed by atoms with van der Waals surface area (Å²) in [6.45, 7) is 12.4. The number of allylic oxidation sites excluding steroid dienone is 3. The molecule has 0 aromatic carbocycles. The first-order chi connectivity index (χ1) is 13.3. The summed E-state index contributed by atoms with van der Waals surface area (Å²) in [5.41, 5.74) is 6.02. The van der Waals surface area contributed by atoms with Crippen molar-refractivity contribution in [3.8, 4) is 0 Å². The van der Waals surface area contributed by atoms with E-state index in [1.165, 1.54) is 51.4 Å². The van der Waals surface area contributed by atoms with Crippen molar-refractivity contribution in [2.75, 3.05) is 0 Å². The molecule has 158 valence electrons. The number of fused-ring (bicyclic) bond motifs is 4. The third kappa shape index (κ3) is 3.34. The molecule has 0 radical (unpaired) electrons. The van der Waals surface area contributed by atoms with E-state index < -0.39 is 0 Å². The van der Waals surface area contributed by atoms with E-state index in [1.807, 2.05) is 11.1 Å². The smallest absolute Gasteiger partial charge is 0.0578 e. The highest BCUT2D eigenvalue weighted by Crippen LogP contribution is 2.64. The standard InChI is InChI=1S/C27H44O/c1-18(2)7-6-8-19(3)23-11-12-24-22-10-9-20-17-21(28)13-15-26(20,4)25(22)14-16-27(23,24)5/h9,18-19,21,23-24,28H,6-8,10-17H2,1-5H3/t19-,21?,23-,24+,26+,27-/m1/s1. The first kappa shape index (κ1) is 20.7. The van der Waals surface area contributed by atoms with Crippen molar-refractivity contribution in [3.63, 3.8) is 0 Å². The number of aliphatic hydroxyl groups is 1. The van der Waals surface area contributed by atoms with Gasteiger partial charge >= 0.3 is 0 Å². The second-order valence-corrected chi connectivity index (χ2v) is 11.7. The van der Waals surface area contributed by atoms with Crippen LogP contribution in [0.3, 0.4) is 0 Å². The van der Waals surface area contributed by atoms with Gasteiger partial charge in [-0.15, -0.1) is 0 Å². The van der Waals surface area contributed by atoms with E-state index >= 15 is 0 Å². The largest absolute Gasteiger partial charge is 0.393 e. The van der Waals surface area contributed by atoms with Crippen LogP contribution < -0.4 is 0 Å². The Hall–Kier alpha value is -0.560. The molecule has 0 heterocycles. The highest BCUT2D eigenvalue weighted by atomic mass is 16.3. The molecule has 6 atom stereocenters. The Bertz CT molecular complexity index is 655. The molecule has 2 saturated carbocycles. The molecule has 0 aromatic heterocycles. The zero-order chi connectivity index (χ0) is 20.1. The van der Waals surface area contributed by atoms with Gasteiger partial charge in [0.1, 0.15) is 0 Å². The summed E-state index contributed by atoms with van der Waals surface area (Å²) < 4.78 is 0. The Morgan fingerprint density at radius 1 is 1.07 bits per heavy atom. The van der Waals surface area contributed by atoms with Crippen molar-refractivity contribution in [1.82, 2.24) is 0 Å². The lowest BCUT2D eigenvalue weighted by Gasteiger charge is -2.52. The molecule has 0 aliphatic heterocycles. The molecule has 1 nitrogen and oxygen atoms in total. The average Bonchev–Trinajstić information content (AvgIpc) is 2.99. The number of hydrogen-bond acceptors (Lipinski definition) is 1. The second kappa shape index (κ2) is 7.60. The lowest BCUT2D eigenvalue weighted by atomic mass is 9.53. The lowest BCUT2D eigenvalue weighted by molar-refractivity contribution is 0.0864. The van der Waals surface area contributed by atoms with Gasteiger partial charge in [-0.05, 0) is 80.5 Å². The van der Waals surface area contributed by atoms with Crippen molar-refractivity contribution in [1.29, 1.82) is 0 Å². The van der Waals surface area contributed by atoms with Gasteiger partial charge in [0.05, 0.1) is 6.10 Å². The molecule has 2 fully saturated rings. The highest BCUT2D eigenvalue weighted by molar-refractivity contribution is 5.43. The molecule has 0 spiro atoms. The summed E-state index contributed by atoms with van der Waals surface area (Å²) >= 11 is 0. The fourth-order valence-corrected chi connectivity index (χ4v) is 7.92. The van der Waals surface area contributed by atoms with Crippen LogP contribution in [0.15, 0.2) is 22.8 Å². The fourth-order valence-electron chi connectivity index (χ4n) is 7.92. The Kier molecular flexibility index (Phi) is 5.62. The molecule has 0 saturated heterocycles. The summed E-state index contributed by atoms with van der Waals surface area (Å²) in [5, 5.41) is 10.2. The first-order valence-corrected chi connectivity index (χ1v) is 12.4. The van der Waals surface area contributed by atoms with Crippen molar-refractivity contribution in [2.45, 2.75) is 111 Å². The topological polar surface area (TPSA) is 20.2 Å². The normalized spacial score (nSPS) is 41.4. The minimum absolute atomic E-state index is 0.0992. The van der Waals surface area contributed by atoms with Crippen LogP contribution in [0, 0.1) is 34.5 Å². The van der Waals surface area contributed by atoms with Gasteiger partial charge in [-0.2, -0.15) is 0 Å². The molecule has 0 amide bonds. The van der Waals surface area contributed by atoms with Gasteiger partial charge in [-0.25, -0.2) is 0 Å². The molecule has 4 aliphatic rings.